The third-order valence-electron chi connectivity index (χ3n) is 6.56. The van der Waals surface area contributed by atoms with Crippen molar-refractivity contribution in [3.8, 4) is 5.75 Å². The van der Waals surface area contributed by atoms with Gasteiger partial charge in [-0.15, -0.1) is 0 Å². The van der Waals surface area contributed by atoms with Gasteiger partial charge in [0.05, 0.1) is 7.11 Å². The lowest BCUT2D eigenvalue weighted by molar-refractivity contribution is -0.123. The molecule has 3 fully saturated rings. The number of ether oxygens (including phenoxy) is 1. The van der Waals surface area contributed by atoms with Crippen LogP contribution in [-0.2, 0) is 11.2 Å². The van der Waals surface area contributed by atoms with E-state index in [-0.39, 0.29) is 5.54 Å². The zero-order chi connectivity index (χ0) is 16.7. The monoisotopic (exact) mass is 328 g/mol. The van der Waals surface area contributed by atoms with Crippen molar-refractivity contribution in [1.82, 2.24) is 9.80 Å². The first-order valence-corrected chi connectivity index (χ1v) is 9.21. The highest BCUT2D eigenvalue weighted by Gasteiger charge is 2.53. The van der Waals surface area contributed by atoms with Crippen LogP contribution in [0.1, 0.15) is 37.7 Å². The van der Waals surface area contributed by atoms with Gasteiger partial charge in [0.2, 0.25) is 0 Å². The summed E-state index contributed by atoms with van der Waals surface area (Å²) in [6.07, 6.45) is 6.02. The SMILES string of the molecule is COc1ccc(C[C@H]2CN(C)[C@@H]3CN2C2(CCC(=O)CC2)C3)cc1. The van der Waals surface area contributed by atoms with Crippen molar-refractivity contribution in [3.05, 3.63) is 29.8 Å². The Morgan fingerprint density at radius 3 is 2.54 bits per heavy atom. The van der Waals surface area contributed by atoms with E-state index in [1.54, 1.807) is 7.11 Å². The molecule has 24 heavy (non-hydrogen) atoms. The molecule has 3 atom stereocenters. The Labute approximate surface area is 144 Å². The first kappa shape index (κ1) is 16.1. The van der Waals surface area contributed by atoms with Crippen LogP contribution in [0.25, 0.3) is 0 Å². The molecule has 1 aromatic rings. The molecule has 1 aliphatic carbocycles. The molecule has 2 bridgehead atoms. The molecule has 0 radical (unpaired) electrons. The Morgan fingerprint density at radius 1 is 1.17 bits per heavy atom. The van der Waals surface area contributed by atoms with Crippen molar-refractivity contribution in [3.63, 3.8) is 0 Å². The quantitative estimate of drug-likeness (QED) is 0.853. The van der Waals surface area contributed by atoms with E-state index in [4.69, 9.17) is 4.74 Å². The minimum absolute atomic E-state index is 0.278. The standard InChI is InChI=1S/C20H28N2O2/c1-21-13-16(11-15-3-5-19(24-2)6-4-15)22-14-17(21)12-20(22)9-7-18(23)8-10-20/h3-6,16-17H,7-14H2,1-2H3/t16-,17-/m0/s1. The topological polar surface area (TPSA) is 32.8 Å². The van der Waals surface area contributed by atoms with Crippen LogP contribution in [0.5, 0.6) is 5.75 Å². The van der Waals surface area contributed by atoms with Gasteiger partial charge in [0.25, 0.3) is 0 Å². The average molecular weight is 328 g/mol. The number of nitrogens with zero attached hydrogens (tertiary/aromatic N) is 2. The Bertz CT molecular complexity index is 603. The third-order valence-corrected chi connectivity index (χ3v) is 6.56. The number of methoxy groups -OCH3 is 1. The molecule has 1 spiro atoms. The molecule has 0 amide bonds. The first-order chi connectivity index (χ1) is 11.6. The molecule has 4 rings (SSSR count). The van der Waals surface area contributed by atoms with Crippen LogP contribution in [0.15, 0.2) is 24.3 Å². The highest BCUT2D eigenvalue weighted by Crippen LogP contribution is 2.45. The Balaban J connectivity index is 1.54. The summed E-state index contributed by atoms with van der Waals surface area (Å²) in [5.74, 6) is 1.38. The van der Waals surface area contributed by atoms with Crippen molar-refractivity contribution in [2.24, 2.45) is 0 Å². The lowest BCUT2D eigenvalue weighted by Crippen LogP contribution is -2.57. The minimum atomic E-state index is 0.278. The summed E-state index contributed by atoms with van der Waals surface area (Å²) < 4.78 is 5.27. The van der Waals surface area contributed by atoms with E-state index in [1.807, 2.05) is 0 Å². The normalized spacial score (nSPS) is 32.2. The fourth-order valence-electron chi connectivity index (χ4n) is 5.15. The first-order valence-electron chi connectivity index (χ1n) is 9.21. The number of benzene rings is 1. The molecule has 0 N–H and O–H groups in total. The zero-order valence-corrected chi connectivity index (χ0v) is 14.8. The van der Waals surface area contributed by atoms with Gasteiger partial charge in [-0.3, -0.25) is 9.69 Å². The molecule has 0 aromatic heterocycles. The number of fused-ring (bicyclic) bond motifs is 3. The number of hydrogen-bond acceptors (Lipinski definition) is 4. The molecule has 1 aromatic carbocycles. The highest BCUT2D eigenvalue weighted by atomic mass is 16.5. The van der Waals surface area contributed by atoms with Crippen LogP contribution in [0, 0.1) is 0 Å². The Hall–Kier alpha value is -1.39. The van der Waals surface area contributed by atoms with Gasteiger partial charge in [0.1, 0.15) is 11.5 Å². The molecule has 3 aliphatic rings. The molecule has 4 nitrogen and oxygen atoms in total. The van der Waals surface area contributed by atoms with Crippen molar-refractivity contribution < 1.29 is 9.53 Å². The maximum absolute atomic E-state index is 11.8. The number of hydrogen-bond donors (Lipinski definition) is 0. The predicted octanol–water partition coefficient (Wildman–Crippen LogP) is 2.51. The third kappa shape index (κ3) is 2.76. The average Bonchev–Trinajstić information content (AvgIpc) is 2.92. The summed E-state index contributed by atoms with van der Waals surface area (Å²) in [6, 6.07) is 9.73. The summed E-state index contributed by atoms with van der Waals surface area (Å²) in [6.45, 7) is 2.30. The maximum atomic E-state index is 11.8. The van der Waals surface area contributed by atoms with Crippen molar-refractivity contribution in [2.45, 2.75) is 56.1 Å². The fourth-order valence-corrected chi connectivity index (χ4v) is 5.15. The van der Waals surface area contributed by atoms with Crippen LogP contribution < -0.4 is 4.74 Å². The van der Waals surface area contributed by atoms with Crippen molar-refractivity contribution >= 4 is 5.78 Å². The molecular formula is C20H28N2O2. The van der Waals surface area contributed by atoms with Gasteiger partial charge >= 0.3 is 0 Å². The molecule has 130 valence electrons. The summed E-state index contributed by atoms with van der Waals surface area (Å²) in [4.78, 5) is 17.1. The van der Waals surface area contributed by atoms with E-state index in [2.05, 4.69) is 41.1 Å². The largest absolute Gasteiger partial charge is 0.497 e. The number of ketones is 1. The van der Waals surface area contributed by atoms with E-state index in [0.29, 0.717) is 17.9 Å². The summed E-state index contributed by atoms with van der Waals surface area (Å²) in [5, 5.41) is 0. The number of Topliss-reactive ketones (excluding diaryl/α,β-unsaturated/α-hetero) is 1. The Kier molecular flexibility index (Phi) is 4.13. The van der Waals surface area contributed by atoms with E-state index in [9.17, 15) is 4.79 Å². The van der Waals surface area contributed by atoms with Gasteiger partial charge in [-0.1, -0.05) is 12.1 Å². The van der Waals surface area contributed by atoms with Gasteiger partial charge in [-0.2, -0.15) is 0 Å². The molecule has 2 saturated heterocycles. The molecule has 2 aliphatic heterocycles. The van der Waals surface area contributed by atoms with Crippen molar-refractivity contribution in [2.75, 3.05) is 27.2 Å². The second-order valence-electron chi connectivity index (χ2n) is 7.92. The van der Waals surface area contributed by atoms with Crippen LogP contribution in [0.4, 0.5) is 0 Å². The number of carbonyl (C=O) groups excluding carboxylic acids is 1. The van der Waals surface area contributed by atoms with E-state index in [1.165, 1.54) is 18.5 Å². The molecule has 1 saturated carbocycles. The maximum Gasteiger partial charge on any atom is 0.133 e. The van der Waals surface area contributed by atoms with Gasteiger partial charge < -0.3 is 9.64 Å². The summed E-state index contributed by atoms with van der Waals surface area (Å²) in [5.41, 5.74) is 1.65. The fraction of sp³-hybridized carbons (Fsp3) is 0.650. The van der Waals surface area contributed by atoms with Crippen molar-refractivity contribution in [1.29, 1.82) is 0 Å². The zero-order valence-electron chi connectivity index (χ0n) is 14.8. The van der Waals surface area contributed by atoms with Crippen LogP contribution in [-0.4, -0.2) is 60.5 Å². The minimum Gasteiger partial charge on any atom is -0.497 e. The lowest BCUT2D eigenvalue weighted by atomic mass is 9.78. The van der Waals surface area contributed by atoms with Gasteiger partial charge in [0, 0.05) is 43.6 Å². The number of rotatable bonds is 3. The van der Waals surface area contributed by atoms with Crippen LogP contribution in [0.3, 0.4) is 0 Å². The highest BCUT2D eigenvalue weighted by molar-refractivity contribution is 5.79. The smallest absolute Gasteiger partial charge is 0.133 e. The second kappa shape index (κ2) is 6.16. The van der Waals surface area contributed by atoms with Gasteiger partial charge in [-0.25, -0.2) is 0 Å². The number of carbonyl (C=O) groups is 1. The lowest BCUT2D eigenvalue weighted by Gasteiger charge is -2.46. The summed E-state index contributed by atoms with van der Waals surface area (Å²) in [7, 11) is 3.99. The number of likely N-dealkylation sites (N-methyl/N-ethyl adjacent to an activating group) is 1. The van der Waals surface area contributed by atoms with Gasteiger partial charge in [-0.05, 0) is 50.4 Å². The summed E-state index contributed by atoms with van der Waals surface area (Å²) >= 11 is 0. The van der Waals surface area contributed by atoms with Crippen LogP contribution in [0.2, 0.25) is 0 Å². The van der Waals surface area contributed by atoms with E-state index < -0.39 is 0 Å². The van der Waals surface area contributed by atoms with E-state index in [0.717, 1.165) is 44.4 Å². The van der Waals surface area contributed by atoms with E-state index >= 15 is 0 Å². The second-order valence-corrected chi connectivity index (χ2v) is 7.92. The van der Waals surface area contributed by atoms with Crippen LogP contribution >= 0.6 is 0 Å². The predicted molar refractivity (Wildman–Crippen MR) is 94.4 cm³/mol. The molecule has 1 unspecified atom stereocenters. The molecule has 2 heterocycles. The molecule has 4 heteroatoms. The number of piperazine rings is 1. The Morgan fingerprint density at radius 2 is 1.88 bits per heavy atom. The molecular weight excluding hydrogens is 300 g/mol. The van der Waals surface area contributed by atoms with Gasteiger partial charge in [0.15, 0.2) is 0 Å².